The van der Waals surface area contributed by atoms with Gasteiger partial charge in [-0.3, -0.25) is 4.79 Å². The Morgan fingerprint density at radius 2 is 1.95 bits per heavy atom. The maximum atomic E-state index is 11.9. The summed E-state index contributed by atoms with van der Waals surface area (Å²) in [4.78, 5) is 24.4. The van der Waals surface area contributed by atoms with Gasteiger partial charge in [-0.25, -0.2) is 4.79 Å². The van der Waals surface area contributed by atoms with Crippen LogP contribution in [0.25, 0.3) is 0 Å². The Bertz CT molecular complexity index is 296. The zero-order valence-corrected chi connectivity index (χ0v) is 12.5. The summed E-state index contributed by atoms with van der Waals surface area (Å²) in [5, 5.41) is 20.6. The molecule has 0 aliphatic rings. The van der Waals surface area contributed by atoms with Crippen molar-refractivity contribution in [2.24, 2.45) is 11.8 Å². The number of ether oxygens (including phenoxy) is 1. The molecule has 0 aliphatic heterocycles. The zero-order chi connectivity index (χ0) is 15.5. The highest BCUT2D eigenvalue weighted by atomic mass is 16.5. The lowest BCUT2D eigenvalue weighted by molar-refractivity contribution is -0.142. The van der Waals surface area contributed by atoms with Crippen molar-refractivity contribution in [2.45, 2.75) is 20.3 Å². The van der Waals surface area contributed by atoms with E-state index in [1.165, 1.54) is 12.0 Å². The van der Waals surface area contributed by atoms with Gasteiger partial charge in [0.1, 0.15) is 0 Å². The molecule has 0 saturated carbocycles. The molecule has 0 aromatic rings. The average molecular weight is 290 g/mol. The van der Waals surface area contributed by atoms with Crippen LogP contribution in [0.4, 0.5) is 4.79 Å². The average Bonchev–Trinajstić information content (AvgIpc) is 2.38. The fraction of sp³-hybridized carbons (Fsp3) is 0.846. The molecule has 7 heteroatoms. The van der Waals surface area contributed by atoms with Crippen LogP contribution in [-0.2, 0) is 9.53 Å². The molecule has 1 unspecified atom stereocenters. The Morgan fingerprint density at radius 1 is 1.30 bits per heavy atom. The molecule has 0 spiro atoms. The molecule has 1 atom stereocenters. The monoisotopic (exact) mass is 290 g/mol. The summed E-state index contributed by atoms with van der Waals surface area (Å²) in [7, 11) is 1.53. The number of nitrogens with one attached hydrogen (secondary N) is 1. The van der Waals surface area contributed by atoms with Crippen molar-refractivity contribution in [3.05, 3.63) is 0 Å². The second-order valence-corrected chi connectivity index (χ2v) is 5.05. The Labute approximate surface area is 119 Å². The second kappa shape index (κ2) is 10.4. The fourth-order valence-corrected chi connectivity index (χ4v) is 1.80. The largest absolute Gasteiger partial charge is 0.481 e. The van der Waals surface area contributed by atoms with Crippen LogP contribution >= 0.6 is 0 Å². The molecule has 0 saturated heterocycles. The number of carboxylic acid groups (broad SMARTS) is 1. The molecule has 0 fully saturated rings. The van der Waals surface area contributed by atoms with Gasteiger partial charge in [0.2, 0.25) is 0 Å². The number of aliphatic hydroxyl groups is 1. The number of urea groups is 1. The van der Waals surface area contributed by atoms with E-state index in [9.17, 15) is 9.59 Å². The summed E-state index contributed by atoms with van der Waals surface area (Å²) < 4.78 is 4.89. The van der Waals surface area contributed by atoms with Gasteiger partial charge in [-0.2, -0.15) is 0 Å². The van der Waals surface area contributed by atoms with Crippen LogP contribution in [-0.4, -0.2) is 67.1 Å². The third kappa shape index (κ3) is 7.96. The number of aliphatic hydroxyl groups excluding tert-OH is 1. The van der Waals surface area contributed by atoms with Gasteiger partial charge in [0.05, 0.1) is 19.1 Å². The highest BCUT2D eigenvalue weighted by molar-refractivity contribution is 5.76. The van der Waals surface area contributed by atoms with Gasteiger partial charge >= 0.3 is 12.0 Å². The Balaban J connectivity index is 4.34. The van der Waals surface area contributed by atoms with E-state index >= 15 is 0 Å². The smallest absolute Gasteiger partial charge is 0.317 e. The first-order chi connectivity index (χ1) is 9.42. The molecule has 2 amide bonds. The first kappa shape index (κ1) is 18.7. The van der Waals surface area contributed by atoms with Crippen LogP contribution < -0.4 is 5.32 Å². The molecule has 0 aliphatic carbocycles. The molecule has 7 nitrogen and oxygen atoms in total. The predicted octanol–water partition coefficient (Wildman–Crippen LogP) is 0.384. The zero-order valence-electron chi connectivity index (χ0n) is 12.5. The minimum absolute atomic E-state index is 0.0846. The van der Waals surface area contributed by atoms with Gasteiger partial charge in [0, 0.05) is 26.7 Å². The molecule has 0 heterocycles. The van der Waals surface area contributed by atoms with Crippen LogP contribution in [0.15, 0.2) is 0 Å². The van der Waals surface area contributed by atoms with Crippen molar-refractivity contribution >= 4 is 12.0 Å². The second-order valence-electron chi connectivity index (χ2n) is 5.05. The number of aliphatic carboxylic acids is 1. The quantitative estimate of drug-likeness (QED) is 0.540. The number of amides is 2. The van der Waals surface area contributed by atoms with E-state index in [1.807, 2.05) is 13.8 Å². The molecule has 0 radical (unpaired) electrons. The number of carbonyl (C=O) groups excluding carboxylic acids is 1. The molecular formula is C13H26N2O5. The third-order valence-corrected chi connectivity index (χ3v) is 2.83. The first-order valence-corrected chi connectivity index (χ1v) is 6.77. The third-order valence-electron chi connectivity index (χ3n) is 2.83. The maximum Gasteiger partial charge on any atom is 0.317 e. The number of carbonyl (C=O) groups is 2. The summed E-state index contributed by atoms with van der Waals surface area (Å²) in [5.74, 6) is -1.27. The summed E-state index contributed by atoms with van der Waals surface area (Å²) in [6, 6.07) is -0.383. The summed E-state index contributed by atoms with van der Waals surface area (Å²) in [6.07, 6.45) is 0.508. The van der Waals surface area contributed by atoms with Crippen LogP contribution in [0.1, 0.15) is 20.3 Å². The van der Waals surface area contributed by atoms with Gasteiger partial charge in [0.15, 0.2) is 0 Å². The SMILES string of the molecule is COCCN(CCO)C(=O)NCC(CC(C)C)C(=O)O. The molecule has 20 heavy (non-hydrogen) atoms. The standard InChI is InChI=1S/C13H26N2O5/c1-10(2)8-11(12(17)18)9-14-13(19)15(4-6-16)5-7-20-3/h10-11,16H,4-9H2,1-3H3,(H,14,19)(H,17,18). The van der Waals surface area contributed by atoms with E-state index in [2.05, 4.69) is 5.32 Å². The van der Waals surface area contributed by atoms with Crippen molar-refractivity contribution in [3.63, 3.8) is 0 Å². The predicted molar refractivity (Wildman–Crippen MR) is 74.5 cm³/mol. The number of hydrogen-bond donors (Lipinski definition) is 3. The van der Waals surface area contributed by atoms with Crippen LogP contribution in [0.2, 0.25) is 0 Å². The van der Waals surface area contributed by atoms with E-state index in [-0.39, 0.29) is 31.6 Å². The molecule has 0 rings (SSSR count). The highest BCUT2D eigenvalue weighted by Gasteiger charge is 2.21. The van der Waals surface area contributed by atoms with Gasteiger partial charge in [0.25, 0.3) is 0 Å². The van der Waals surface area contributed by atoms with E-state index in [4.69, 9.17) is 14.9 Å². The van der Waals surface area contributed by atoms with Crippen LogP contribution in [0, 0.1) is 11.8 Å². The van der Waals surface area contributed by atoms with E-state index < -0.39 is 11.9 Å². The lowest BCUT2D eigenvalue weighted by Gasteiger charge is -2.23. The Morgan fingerprint density at radius 3 is 2.40 bits per heavy atom. The van der Waals surface area contributed by atoms with Gasteiger partial charge in [-0.15, -0.1) is 0 Å². The number of rotatable bonds is 10. The van der Waals surface area contributed by atoms with Crippen molar-refractivity contribution in [2.75, 3.05) is 40.0 Å². The first-order valence-electron chi connectivity index (χ1n) is 6.77. The molecule has 0 aromatic heterocycles. The van der Waals surface area contributed by atoms with Gasteiger partial charge in [-0.1, -0.05) is 13.8 Å². The molecule has 3 N–H and O–H groups in total. The van der Waals surface area contributed by atoms with Crippen molar-refractivity contribution in [1.29, 1.82) is 0 Å². The van der Waals surface area contributed by atoms with Crippen LogP contribution in [0.5, 0.6) is 0 Å². The van der Waals surface area contributed by atoms with E-state index in [0.29, 0.717) is 19.6 Å². The van der Waals surface area contributed by atoms with Crippen LogP contribution in [0.3, 0.4) is 0 Å². The number of hydrogen-bond acceptors (Lipinski definition) is 4. The number of methoxy groups -OCH3 is 1. The molecule has 118 valence electrons. The highest BCUT2D eigenvalue weighted by Crippen LogP contribution is 2.11. The molecule has 0 aromatic carbocycles. The topological polar surface area (TPSA) is 99.1 Å². The van der Waals surface area contributed by atoms with Crippen molar-refractivity contribution in [1.82, 2.24) is 10.2 Å². The lowest BCUT2D eigenvalue weighted by atomic mass is 9.97. The van der Waals surface area contributed by atoms with E-state index in [0.717, 1.165) is 0 Å². The Hall–Kier alpha value is -1.34. The van der Waals surface area contributed by atoms with Gasteiger partial charge in [-0.05, 0) is 12.3 Å². The van der Waals surface area contributed by atoms with Crippen molar-refractivity contribution in [3.8, 4) is 0 Å². The Kier molecular flexibility index (Phi) is 9.75. The van der Waals surface area contributed by atoms with E-state index in [1.54, 1.807) is 0 Å². The molecular weight excluding hydrogens is 264 g/mol. The van der Waals surface area contributed by atoms with Gasteiger partial charge < -0.3 is 25.2 Å². The summed E-state index contributed by atoms with van der Waals surface area (Å²) in [5.41, 5.74) is 0. The fourth-order valence-electron chi connectivity index (χ4n) is 1.80. The maximum absolute atomic E-state index is 11.9. The number of nitrogens with zero attached hydrogens (tertiary/aromatic N) is 1. The summed E-state index contributed by atoms with van der Waals surface area (Å²) in [6.45, 7) is 4.72. The minimum Gasteiger partial charge on any atom is -0.481 e. The van der Waals surface area contributed by atoms with Crippen molar-refractivity contribution < 1.29 is 24.5 Å². The lowest BCUT2D eigenvalue weighted by Crippen LogP contribution is -2.45. The molecule has 0 bridgehead atoms. The normalized spacial score (nSPS) is 12.2. The number of carboxylic acids is 1. The minimum atomic E-state index is -0.912. The summed E-state index contributed by atoms with van der Waals surface area (Å²) >= 11 is 0.